The Hall–Kier alpha value is -1.31. The molecule has 0 spiro atoms. The maximum absolute atomic E-state index is 13.1. The molecule has 0 aromatic heterocycles. The average Bonchev–Trinajstić information content (AvgIpc) is 2.71. The Labute approximate surface area is 107 Å². The van der Waals surface area contributed by atoms with E-state index in [2.05, 4.69) is 10.6 Å². The molecule has 5 nitrogen and oxygen atoms in total. The molecule has 1 atom stereocenters. The molecular formula is C11H15F3N2O3. The molecule has 0 aromatic rings. The van der Waals surface area contributed by atoms with Crippen molar-refractivity contribution < 1.29 is 27.9 Å². The van der Waals surface area contributed by atoms with Crippen molar-refractivity contribution in [3.8, 4) is 0 Å². The van der Waals surface area contributed by atoms with Gasteiger partial charge in [0.05, 0.1) is 0 Å². The summed E-state index contributed by atoms with van der Waals surface area (Å²) in [7, 11) is 0. The highest BCUT2D eigenvalue weighted by molar-refractivity contribution is 5.91. The Balaban J connectivity index is 2.20. The van der Waals surface area contributed by atoms with Crippen molar-refractivity contribution >= 4 is 11.9 Å². The number of halogens is 3. The molecular weight excluding hydrogens is 265 g/mol. The van der Waals surface area contributed by atoms with Gasteiger partial charge in [-0.25, -0.2) is 4.79 Å². The summed E-state index contributed by atoms with van der Waals surface area (Å²) in [5.74, 6) is -2.50. The van der Waals surface area contributed by atoms with Gasteiger partial charge in [0.15, 0.2) is 5.41 Å². The fourth-order valence-corrected chi connectivity index (χ4v) is 2.52. The minimum atomic E-state index is -4.69. The summed E-state index contributed by atoms with van der Waals surface area (Å²) >= 11 is 0. The van der Waals surface area contributed by atoms with Crippen LogP contribution in [0, 0.1) is 5.41 Å². The lowest BCUT2D eigenvalue weighted by Gasteiger charge is -2.41. The van der Waals surface area contributed by atoms with E-state index in [-0.39, 0.29) is 25.8 Å². The molecule has 0 aromatic carbocycles. The van der Waals surface area contributed by atoms with Crippen molar-refractivity contribution in [2.24, 2.45) is 5.41 Å². The third kappa shape index (κ3) is 2.07. The number of aliphatic carboxylic acids is 1. The number of carboxylic acids is 1. The maximum Gasteiger partial charge on any atom is 0.404 e. The standard InChI is InChI=1S/C11H15F3N2O3/c12-11(13,14)9(4-5-15-6-9)7(17)16-10(8(18)19)2-1-3-10/h15H,1-6H2,(H,16,17)(H,18,19). The number of alkyl halides is 3. The number of carboxylic acid groups (broad SMARTS) is 1. The van der Waals surface area contributed by atoms with E-state index in [0.717, 1.165) is 0 Å². The highest BCUT2D eigenvalue weighted by Gasteiger charge is 2.63. The quantitative estimate of drug-likeness (QED) is 0.709. The smallest absolute Gasteiger partial charge is 0.404 e. The Bertz CT molecular complexity index is 398. The van der Waals surface area contributed by atoms with Crippen LogP contribution in [0.3, 0.4) is 0 Å². The number of rotatable bonds is 3. The Morgan fingerprint density at radius 2 is 1.84 bits per heavy atom. The van der Waals surface area contributed by atoms with E-state index in [0.29, 0.717) is 6.42 Å². The minimum absolute atomic E-state index is 0.0903. The molecule has 1 saturated heterocycles. The minimum Gasteiger partial charge on any atom is -0.480 e. The van der Waals surface area contributed by atoms with E-state index in [1.807, 2.05) is 0 Å². The molecule has 1 saturated carbocycles. The molecule has 0 bridgehead atoms. The Morgan fingerprint density at radius 1 is 1.21 bits per heavy atom. The molecule has 0 radical (unpaired) electrons. The Kier molecular flexibility index (Phi) is 3.24. The zero-order chi connectivity index (χ0) is 14.3. The predicted octanol–water partition coefficient (Wildman–Crippen LogP) is 0.652. The molecule has 1 heterocycles. The normalized spacial score (nSPS) is 29.6. The third-order valence-electron chi connectivity index (χ3n) is 4.10. The van der Waals surface area contributed by atoms with Crippen LogP contribution in [0.2, 0.25) is 0 Å². The Morgan fingerprint density at radius 3 is 2.16 bits per heavy atom. The van der Waals surface area contributed by atoms with Gasteiger partial charge in [0.2, 0.25) is 5.91 Å². The van der Waals surface area contributed by atoms with Crippen LogP contribution >= 0.6 is 0 Å². The van der Waals surface area contributed by atoms with Crippen molar-refractivity contribution in [3.05, 3.63) is 0 Å². The lowest BCUT2D eigenvalue weighted by atomic mass is 9.75. The summed E-state index contributed by atoms with van der Waals surface area (Å²) in [6, 6.07) is 0. The van der Waals surface area contributed by atoms with Gasteiger partial charge < -0.3 is 15.7 Å². The van der Waals surface area contributed by atoms with Crippen LogP contribution in [-0.2, 0) is 9.59 Å². The van der Waals surface area contributed by atoms with E-state index in [4.69, 9.17) is 5.11 Å². The van der Waals surface area contributed by atoms with E-state index in [9.17, 15) is 22.8 Å². The second-order valence-corrected chi connectivity index (χ2v) is 5.20. The number of carbonyl (C=O) groups is 2. The number of hydrogen-bond acceptors (Lipinski definition) is 3. The molecule has 1 aliphatic heterocycles. The molecule has 8 heteroatoms. The van der Waals surface area contributed by atoms with Crippen LogP contribution < -0.4 is 10.6 Å². The molecule has 108 valence electrons. The van der Waals surface area contributed by atoms with Gasteiger partial charge in [0.1, 0.15) is 5.54 Å². The van der Waals surface area contributed by atoms with Crippen molar-refractivity contribution in [1.82, 2.24) is 10.6 Å². The van der Waals surface area contributed by atoms with Crippen LogP contribution in [0.4, 0.5) is 13.2 Å². The van der Waals surface area contributed by atoms with Gasteiger partial charge in [-0.05, 0) is 32.2 Å². The first-order valence-corrected chi connectivity index (χ1v) is 6.07. The lowest BCUT2D eigenvalue weighted by molar-refractivity contribution is -0.217. The molecule has 2 rings (SSSR count). The van der Waals surface area contributed by atoms with Gasteiger partial charge in [-0.2, -0.15) is 13.2 Å². The number of amides is 1. The average molecular weight is 280 g/mol. The lowest BCUT2D eigenvalue weighted by Crippen LogP contribution is -2.64. The second kappa shape index (κ2) is 4.36. The summed E-state index contributed by atoms with van der Waals surface area (Å²) in [5.41, 5.74) is -4.02. The van der Waals surface area contributed by atoms with Gasteiger partial charge >= 0.3 is 12.1 Å². The first kappa shape index (κ1) is 14.1. The molecule has 3 N–H and O–H groups in total. The molecule has 2 aliphatic rings. The number of carbonyl (C=O) groups excluding carboxylic acids is 1. The van der Waals surface area contributed by atoms with Crippen LogP contribution in [0.15, 0.2) is 0 Å². The molecule has 1 aliphatic carbocycles. The van der Waals surface area contributed by atoms with E-state index in [1.165, 1.54) is 0 Å². The van der Waals surface area contributed by atoms with Crippen molar-refractivity contribution in [2.45, 2.75) is 37.4 Å². The highest BCUT2D eigenvalue weighted by Crippen LogP contribution is 2.44. The van der Waals surface area contributed by atoms with Crippen molar-refractivity contribution in [2.75, 3.05) is 13.1 Å². The van der Waals surface area contributed by atoms with Crippen molar-refractivity contribution in [3.63, 3.8) is 0 Å². The van der Waals surface area contributed by atoms with Gasteiger partial charge in [-0.1, -0.05) is 0 Å². The van der Waals surface area contributed by atoms with Gasteiger partial charge in [-0.3, -0.25) is 4.79 Å². The largest absolute Gasteiger partial charge is 0.480 e. The van der Waals surface area contributed by atoms with E-state index < -0.39 is 35.6 Å². The van der Waals surface area contributed by atoms with Crippen LogP contribution in [0.1, 0.15) is 25.7 Å². The molecule has 19 heavy (non-hydrogen) atoms. The SMILES string of the molecule is O=C(O)C1(NC(=O)C2(C(F)(F)F)CCNC2)CCC1. The second-order valence-electron chi connectivity index (χ2n) is 5.20. The monoisotopic (exact) mass is 280 g/mol. The number of hydrogen-bond donors (Lipinski definition) is 3. The van der Waals surface area contributed by atoms with Crippen LogP contribution in [0.5, 0.6) is 0 Å². The third-order valence-corrected chi connectivity index (χ3v) is 4.10. The zero-order valence-electron chi connectivity index (χ0n) is 10.1. The van der Waals surface area contributed by atoms with Gasteiger partial charge in [0.25, 0.3) is 0 Å². The fourth-order valence-electron chi connectivity index (χ4n) is 2.52. The van der Waals surface area contributed by atoms with E-state index in [1.54, 1.807) is 0 Å². The predicted molar refractivity (Wildman–Crippen MR) is 58.3 cm³/mol. The summed E-state index contributed by atoms with van der Waals surface area (Å²) in [5, 5.41) is 13.7. The summed E-state index contributed by atoms with van der Waals surface area (Å²) in [4.78, 5) is 23.1. The fraction of sp³-hybridized carbons (Fsp3) is 0.818. The first-order valence-electron chi connectivity index (χ1n) is 6.07. The zero-order valence-corrected chi connectivity index (χ0v) is 10.1. The number of nitrogens with one attached hydrogen (secondary N) is 2. The van der Waals surface area contributed by atoms with E-state index >= 15 is 0 Å². The molecule has 1 unspecified atom stereocenters. The van der Waals surface area contributed by atoms with Crippen LogP contribution in [0.25, 0.3) is 0 Å². The van der Waals surface area contributed by atoms with Crippen molar-refractivity contribution in [1.29, 1.82) is 0 Å². The summed E-state index contributed by atoms with van der Waals surface area (Å²) < 4.78 is 39.3. The first-order chi connectivity index (χ1) is 8.74. The maximum atomic E-state index is 13.1. The summed E-state index contributed by atoms with van der Waals surface area (Å²) in [6.07, 6.45) is -4.11. The summed E-state index contributed by atoms with van der Waals surface area (Å²) in [6.45, 7) is -0.412. The highest BCUT2D eigenvalue weighted by atomic mass is 19.4. The topological polar surface area (TPSA) is 78.4 Å². The molecule has 2 fully saturated rings. The van der Waals surface area contributed by atoms with Gasteiger partial charge in [0, 0.05) is 6.54 Å². The molecule has 1 amide bonds. The van der Waals surface area contributed by atoms with Crippen LogP contribution in [-0.4, -0.2) is 41.8 Å². The van der Waals surface area contributed by atoms with Gasteiger partial charge in [-0.15, -0.1) is 0 Å².